The van der Waals surface area contributed by atoms with Gasteiger partial charge in [-0.1, -0.05) is 6.07 Å². The van der Waals surface area contributed by atoms with Crippen molar-refractivity contribution in [3.8, 4) is 22.3 Å². The third kappa shape index (κ3) is 3.11. The zero-order chi connectivity index (χ0) is 13.7. The average Bonchev–Trinajstić information content (AvgIpc) is 2.85. The molecule has 0 saturated heterocycles. The number of hydrogen-bond acceptors (Lipinski definition) is 5. The first-order valence-electron chi connectivity index (χ1n) is 5.94. The Labute approximate surface area is 115 Å². The highest BCUT2D eigenvalue weighted by molar-refractivity contribution is 7.13. The molecule has 1 N–H and O–H groups in total. The van der Waals surface area contributed by atoms with Gasteiger partial charge in [0.1, 0.15) is 11.8 Å². The van der Waals surface area contributed by atoms with Crippen molar-refractivity contribution >= 4 is 11.3 Å². The average molecular weight is 274 g/mol. The summed E-state index contributed by atoms with van der Waals surface area (Å²) in [7, 11) is 0. The number of hydrogen-bond donors (Lipinski definition) is 1. The SMILES string of the molecule is Cc1ncsc1-c1ccc(C#N)c(OCCCO)c1. The number of aryl methyl sites for hydroxylation is 1. The standard InChI is InChI=1S/C14H14N2O2S/c1-10-14(19-9-16-10)11-3-4-12(8-15)13(7-11)18-6-2-5-17/h3-4,7,9,17H,2,5-6H2,1H3. The fraction of sp³-hybridized carbons (Fsp3) is 0.286. The molecule has 0 aliphatic rings. The Kier molecular flexibility index (Phi) is 4.50. The van der Waals surface area contributed by atoms with Crippen LogP contribution in [0.15, 0.2) is 23.7 Å². The zero-order valence-electron chi connectivity index (χ0n) is 10.6. The smallest absolute Gasteiger partial charge is 0.137 e. The molecular formula is C14H14N2O2S. The molecule has 0 amide bonds. The van der Waals surface area contributed by atoms with Gasteiger partial charge >= 0.3 is 0 Å². The van der Waals surface area contributed by atoms with Crippen LogP contribution in [0.1, 0.15) is 17.7 Å². The molecule has 0 bridgehead atoms. The lowest BCUT2D eigenvalue weighted by Gasteiger charge is -2.09. The van der Waals surface area contributed by atoms with Crippen LogP contribution >= 0.6 is 11.3 Å². The van der Waals surface area contributed by atoms with Gasteiger partial charge in [0.15, 0.2) is 0 Å². The van der Waals surface area contributed by atoms with Crippen molar-refractivity contribution < 1.29 is 9.84 Å². The summed E-state index contributed by atoms with van der Waals surface area (Å²) in [5.41, 5.74) is 4.27. The lowest BCUT2D eigenvalue weighted by molar-refractivity contribution is 0.233. The molecule has 0 spiro atoms. The molecule has 0 atom stereocenters. The second-order valence-electron chi connectivity index (χ2n) is 4.02. The third-order valence-corrected chi connectivity index (χ3v) is 3.65. The molecule has 1 aromatic heterocycles. The summed E-state index contributed by atoms with van der Waals surface area (Å²) in [5.74, 6) is 0.557. The number of aliphatic hydroxyl groups excluding tert-OH is 1. The Bertz CT molecular complexity index is 602. The molecule has 0 aliphatic heterocycles. The molecule has 4 nitrogen and oxygen atoms in total. The lowest BCUT2D eigenvalue weighted by atomic mass is 10.1. The van der Waals surface area contributed by atoms with E-state index in [2.05, 4.69) is 11.1 Å². The third-order valence-electron chi connectivity index (χ3n) is 2.67. The molecule has 1 heterocycles. The molecular weight excluding hydrogens is 260 g/mol. The summed E-state index contributed by atoms with van der Waals surface area (Å²) >= 11 is 1.56. The van der Waals surface area contributed by atoms with Crippen molar-refractivity contribution in [2.75, 3.05) is 13.2 Å². The number of aromatic nitrogens is 1. The second kappa shape index (κ2) is 6.32. The van der Waals surface area contributed by atoms with Crippen LogP contribution in [0.4, 0.5) is 0 Å². The number of ether oxygens (including phenoxy) is 1. The number of nitrogens with zero attached hydrogens (tertiary/aromatic N) is 2. The maximum atomic E-state index is 9.06. The van der Waals surface area contributed by atoms with E-state index < -0.39 is 0 Å². The van der Waals surface area contributed by atoms with Gasteiger partial charge in [-0.3, -0.25) is 0 Å². The first-order chi connectivity index (χ1) is 9.26. The number of aliphatic hydroxyl groups is 1. The summed E-state index contributed by atoms with van der Waals surface area (Å²) in [6, 6.07) is 7.62. The van der Waals surface area contributed by atoms with E-state index in [1.54, 1.807) is 22.9 Å². The van der Waals surface area contributed by atoms with Crippen molar-refractivity contribution in [3.05, 3.63) is 35.0 Å². The monoisotopic (exact) mass is 274 g/mol. The van der Waals surface area contributed by atoms with Crippen molar-refractivity contribution in [2.24, 2.45) is 0 Å². The molecule has 98 valence electrons. The van der Waals surface area contributed by atoms with Gasteiger partial charge in [-0.2, -0.15) is 5.26 Å². The molecule has 2 rings (SSSR count). The summed E-state index contributed by atoms with van der Waals surface area (Å²) < 4.78 is 5.55. The first kappa shape index (κ1) is 13.5. The van der Waals surface area contributed by atoms with E-state index in [1.807, 2.05) is 19.1 Å². The molecule has 2 aromatic rings. The number of thiazole rings is 1. The topological polar surface area (TPSA) is 66.1 Å². The van der Waals surface area contributed by atoms with Crippen molar-refractivity contribution in [3.63, 3.8) is 0 Å². The summed E-state index contributed by atoms with van der Waals surface area (Å²) in [6.07, 6.45) is 0.550. The van der Waals surface area contributed by atoms with Crippen LogP contribution in [0.25, 0.3) is 10.4 Å². The van der Waals surface area contributed by atoms with Gasteiger partial charge in [0.2, 0.25) is 0 Å². The minimum Gasteiger partial charge on any atom is -0.492 e. The minimum absolute atomic E-state index is 0.0789. The van der Waals surface area contributed by atoms with E-state index in [0.717, 1.165) is 16.1 Å². The van der Waals surface area contributed by atoms with Crippen LogP contribution in [0.2, 0.25) is 0 Å². The zero-order valence-corrected chi connectivity index (χ0v) is 11.4. The number of nitriles is 1. The normalized spacial score (nSPS) is 10.2. The number of benzene rings is 1. The molecule has 0 radical (unpaired) electrons. The van der Waals surface area contributed by atoms with Gasteiger partial charge in [0.05, 0.1) is 28.3 Å². The molecule has 5 heteroatoms. The van der Waals surface area contributed by atoms with E-state index in [4.69, 9.17) is 15.1 Å². The molecule has 0 unspecified atom stereocenters. The highest BCUT2D eigenvalue weighted by Gasteiger charge is 2.09. The van der Waals surface area contributed by atoms with Crippen LogP contribution < -0.4 is 4.74 Å². The van der Waals surface area contributed by atoms with Gasteiger partial charge in [0, 0.05) is 13.0 Å². The lowest BCUT2D eigenvalue weighted by Crippen LogP contribution is -2.01. The fourth-order valence-electron chi connectivity index (χ4n) is 1.70. The van der Waals surface area contributed by atoms with Gasteiger partial charge in [-0.05, 0) is 24.6 Å². The Morgan fingerprint density at radius 3 is 2.95 bits per heavy atom. The fourth-order valence-corrected chi connectivity index (χ4v) is 2.50. The highest BCUT2D eigenvalue weighted by Crippen LogP contribution is 2.31. The van der Waals surface area contributed by atoms with Crippen molar-refractivity contribution in [2.45, 2.75) is 13.3 Å². The molecule has 0 aliphatic carbocycles. The Morgan fingerprint density at radius 1 is 1.47 bits per heavy atom. The van der Waals surface area contributed by atoms with E-state index in [9.17, 15) is 0 Å². The maximum absolute atomic E-state index is 9.06. The maximum Gasteiger partial charge on any atom is 0.137 e. The van der Waals surface area contributed by atoms with E-state index in [0.29, 0.717) is 24.3 Å². The van der Waals surface area contributed by atoms with Crippen LogP contribution in [0.3, 0.4) is 0 Å². The quantitative estimate of drug-likeness (QED) is 0.851. The van der Waals surface area contributed by atoms with Gasteiger partial charge in [-0.25, -0.2) is 4.98 Å². The summed E-state index contributed by atoms with van der Waals surface area (Å²) in [5, 5.41) is 17.8. The molecule has 1 aromatic carbocycles. The largest absolute Gasteiger partial charge is 0.492 e. The summed E-state index contributed by atoms with van der Waals surface area (Å²) in [6.45, 7) is 2.43. The van der Waals surface area contributed by atoms with Crippen LogP contribution in [-0.2, 0) is 0 Å². The summed E-state index contributed by atoms with van der Waals surface area (Å²) in [4.78, 5) is 5.30. The Balaban J connectivity index is 2.31. The van der Waals surface area contributed by atoms with Gasteiger partial charge < -0.3 is 9.84 Å². The molecule has 0 saturated carbocycles. The van der Waals surface area contributed by atoms with Crippen molar-refractivity contribution in [1.29, 1.82) is 5.26 Å². The van der Waals surface area contributed by atoms with E-state index in [1.165, 1.54) is 0 Å². The first-order valence-corrected chi connectivity index (χ1v) is 6.82. The van der Waals surface area contributed by atoms with E-state index >= 15 is 0 Å². The predicted octanol–water partition coefficient (Wildman–Crippen LogP) is 2.75. The van der Waals surface area contributed by atoms with Crippen LogP contribution in [0, 0.1) is 18.3 Å². The Morgan fingerprint density at radius 2 is 2.32 bits per heavy atom. The molecule has 0 fully saturated rings. The second-order valence-corrected chi connectivity index (χ2v) is 4.87. The van der Waals surface area contributed by atoms with Gasteiger partial charge in [0.25, 0.3) is 0 Å². The van der Waals surface area contributed by atoms with Crippen LogP contribution in [-0.4, -0.2) is 23.3 Å². The minimum atomic E-state index is 0.0789. The number of rotatable bonds is 5. The van der Waals surface area contributed by atoms with Crippen LogP contribution in [0.5, 0.6) is 5.75 Å². The van der Waals surface area contributed by atoms with Crippen molar-refractivity contribution in [1.82, 2.24) is 4.98 Å². The predicted molar refractivity (Wildman–Crippen MR) is 74.2 cm³/mol. The Hall–Kier alpha value is -1.90. The molecule has 19 heavy (non-hydrogen) atoms. The van der Waals surface area contributed by atoms with E-state index in [-0.39, 0.29) is 6.61 Å². The highest BCUT2D eigenvalue weighted by atomic mass is 32.1. The van der Waals surface area contributed by atoms with Gasteiger partial charge in [-0.15, -0.1) is 11.3 Å².